The van der Waals surface area contributed by atoms with E-state index in [4.69, 9.17) is 10.5 Å². The van der Waals surface area contributed by atoms with Crippen LogP contribution in [0.3, 0.4) is 0 Å². The number of rotatable bonds is 3. The molecule has 19 heavy (non-hydrogen) atoms. The van der Waals surface area contributed by atoms with Gasteiger partial charge in [-0.25, -0.2) is 8.78 Å². The van der Waals surface area contributed by atoms with Gasteiger partial charge in [-0.15, -0.1) is 0 Å². The topological polar surface area (TPSA) is 35.2 Å². The Morgan fingerprint density at radius 3 is 2.58 bits per heavy atom. The van der Waals surface area contributed by atoms with Gasteiger partial charge in [0.05, 0.1) is 4.47 Å². The molecule has 2 aromatic carbocycles. The Kier molecular flexibility index (Phi) is 4.17. The van der Waals surface area contributed by atoms with Gasteiger partial charge in [0.1, 0.15) is 23.1 Å². The number of halogens is 3. The van der Waals surface area contributed by atoms with E-state index >= 15 is 0 Å². The van der Waals surface area contributed by atoms with Gasteiger partial charge in [-0.2, -0.15) is 0 Å². The van der Waals surface area contributed by atoms with Gasteiger partial charge in [0, 0.05) is 17.7 Å². The van der Waals surface area contributed by atoms with Crippen LogP contribution in [0.25, 0.3) is 0 Å². The summed E-state index contributed by atoms with van der Waals surface area (Å²) in [6, 6.07) is 7.95. The van der Waals surface area contributed by atoms with Crippen molar-refractivity contribution in [1.82, 2.24) is 0 Å². The van der Waals surface area contributed by atoms with Crippen LogP contribution in [0.15, 0.2) is 40.9 Å². The van der Waals surface area contributed by atoms with Gasteiger partial charge in [-0.1, -0.05) is 6.07 Å². The monoisotopic (exact) mass is 327 g/mol. The van der Waals surface area contributed by atoms with Crippen molar-refractivity contribution in [2.45, 2.75) is 13.0 Å². The molecule has 2 rings (SSSR count). The fourth-order valence-corrected chi connectivity index (χ4v) is 2.05. The van der Waals surface area contributed by atoms with Crippen molar-refractivity contribution in [2.24, 2.45) is 5.73 Å². The van der Waals surface area contributed by atoms with Crippen molar-refractivity contribution in [3.63, 3.8) is 0 Å². The minimum Gasteiger partial charge on any atom is -0.456 e. The highest BCUT2D eigenvalue weighted by molar-refractivity contribution is 9.10. The number of ether oxygens (including phenoxy) is 1. The lowest BCUT2D eigenvalue weighted by atomic mass is 10.1. The zero-order valence-corrected chi connectivity index (χ0v) is 11.7. The van der Waals surface area contributed by atoms with Crippen molar-refractivity contribution in [3.8, 4) is 11.5 Å². The van der Waals surface area contributed by atoms with E-state index < -0.39 is 17.7 Å². The molecule has 2 nitrogen and oxygen atoms in total. The number of hydrogen-bond donors (Lipinski definition) is 1. The maximum Gasteiger partial charge on any atom is 0.144 e. The summed E-state index contributed by atoms with van der Waals surface area (Å²) in [6.07, 6.45) is 0. The Bertz CT molecular complexity index is 602. The first-order valence-electron chi connectivity index (χ1n) is 5.66. The molecule has 0 heterocycles. The standard InChI is InChI=1S/C14H12BrF2NO/c1-8(18)14-11(17)3-2-4-12(14)19-13-7-9(16)5-6-10(13)15/h2-8H,18H2,1H3. The quantitative estimate of drug-likeness (QED) is 0.898. The van der Waals surface area contributed by atoms with Crippen LogP contribution < -0.4 is 10.5 Å². The van der Waals surface area contributed by atoms with Gasteiger partial charge in [0.25, 0.3) is 0 Å². The molecule has 1 unspecified atom stereocenters. The average Bonchev–Trinajstić information content (AvgIpc) is 2.33. The zero-order chi connectivity index (χ0) is 14.0. The summed E-state index contributed by atoms with van der Waals surface area (Å²) >= 11 is 3.25. The van der Waals surface area contributed by atoms with Gasteiger partial charge in [0.2, 0.25) is 0 Å². The first-order chi connectivity index (χ1) is 8.99. The van der Waals surface area contributed by atoms with Crippen LogP contribution in [-0.4, -0.2) is 0 Å². The Morgan fingerprint density at radius 2 is 1.89 bits per heavy atom. The fraction of sp³-hybridized carbons (Fsp3) is 0.143. The number of hydrogen-bond acceptors (Lipinski definition) is 2. The highest BCUT2D eigenvalue weighted by Gasteiger charge is 2.15. The molecular formula is C14H12BrF2NO. The van der Waals surface area contributed by atoms with Crippen LogP contribution >= 0.6 is 15.9 Å². The lowest BCUT2D eigenvalue weighted by Crippen LogP contribution is -2.09. The molecular weight excluding hydrogens is 316 g/mol. The van der Waals surface area contributed by atoms with Gasteiger partial charge >= 0.3 is 0 Å². The van der Waals surface area contributed by atoms with E-state index in [0.717, 1.165) is 0 Å². The maximum absolute atomic E-state index is 13.7. The summed E-state index contributed by atoms with van der Waals surface area (Å²) in [5, 5.41) is 0. The Balaban J connectivity index is 2.44. The zero-order valence-electron chi connectivity index (χ0n) is 10.2. The van der Waals surface area contributed by atoms with Crippen LogP contribution in [0.2, 0.25) is 0 Å². The van der Waals surface area contributed by atoms with Crippen molar-refractivity contribution < 1.29 is 13.5 Å². The normalized spacial score (nSPS) is 12.3. The molecule has 0 fully saturated rings. The lowest BCUT2D eigenvalue weighted by Gasteiger charge is -2.15. The number of benzene rings is 2. The van der Waals surface area contributed by atoms with E-state index in [1.165, 1.54) is 30.3 Å². The molecule has 0 bridgehead atoms. The average molecular weight is 328 g/mol. The molecule has 5 heteroatoms. The van der Waals surface area contributed by atoms with Crippen molar-refractivity contribution in [3.05, 3.63) is 58.1 Å². The van der Waals surface area contributed by atoms with Crippen molar-refractivity contribution in [2.75, 3.05) is 0 Å². The van der Waals surface area contributed by atoms with E-state index in [-0.39, 0.29) is 17.1 Å². The highest BCUT2D eigenvalue weighted by atomic mass is 79.9. The third-order valence-corrected chi connectivity index (χ3v) is 3.24. The number of nitrogens with two attached hydrogens (primary N) is 1. The molecule has 0 saturated heterocycles. The second kappa shape index (κ2) is 5.67. The fourth-order valence-electron chi connectivity index (χ4n) is 1.72. The molecule has 2 aromatic rings. The van der Waals surface area contributed by atoms with Gasteiger partial charge in [0.15, 0.2) is 0 Å². The second-order valence-electron chi connectivity index (χ2n) is 4.12. The van der Waals surface area contributed by atoms with Crippen LogP contribution in [-0.2, 0) is 0 Å². The Labute approximate surface area is 118 Å². The molecule has 0 radical (unpaired) electrons. The van der Waals surface area contributed by atoms with E-state index in [1.54, 1.807) is 13.0 Å². The Morgan fingerprint density at radius 1 is 1.16 bits per heavy atom. The lowest BCUT2D eigenvalue weighted by molar-refractivity contribution is 0.454. The predicted molar refractivity (Wildman–Crippen MR) is 73.2 cm³/mol. The van der Waals surface area contributed by atoms with Crippen molar-refractivity contribution in [1.29, 1.82) is 0 Å². The minimum atomic E-state index is -0.525. The summed E-state index contributed by atoms with van der Waals surface area (Å²) in [5.41, 5.74) is 5.99. The molecule has 2 N–H and O–H groups in total. The third kappa shape index (κ3) is 3.11. The van der Waals surface area contributed by atoms with E-state index in [2.05, 4.69) is 15.9 Å². The first-order valence-corrected chi connectivity index (χ1v) is 6.45. The minimum absolute atomic E-state index is 0.263. The first kappa shape index (κ1) is 14.0. The summed E-state index contributed by atoms with van der Waals surface area (Å²) in [4.78, 5) is 0. The smallest absolute Gasteiger partial charge is 0.144 e. The summed E-state index contributed by atoms with van der Waals surface area (Å²) in [5.74, 6) is -0.328. The SMILES string of the molecule is CC(N)c1c(F)cccc1Oc1cc(F)ccc1Br. The molecule has 0 aliphatic rings. The maximum atomic E-state index is 13.7. The van der Waals surface area contributed by atoms with Crippen LogP contribution in [0.4, 0.5) is 8.78 Å². The molecule has 1 atom stereocenters. The highest BCUT2D eigenvalue weighted by Crippen LogP contribution is 2.34. The summed E-state index contributed by atoms with van der Waals surface area (Å²) in [7, 11) is 0. The van der Waals surface area contributed by atoms with Crippen LogP contribution in [0.1, 0.15) is 18.5 Å². The molecule has 0 aliphatic heterocycles. The molecule has 0 saturated carbocycles. The van der Waals surface area contributed by atoms with Gasteiger partial charge in [-0.3, -0.25) is 0 Å². The summed E-state index contributed by atoms with van der Waals surface area (Å²) < 4.78 is 33.1. The molecule has 0 spiro atoms. The molecule has 0 aliphatic carbocycles. The molecule has 0 aromatic heterocycles. The van der Waals surface area contributed by atoms with Gasteiger partial charge in [-0.05, 0) is 47.1 Å². The van der Waals surface area contributed by atoms with E-state index in [0.29, 0.717) is 4.47 Å². The van der Waals surface area contributed by atoms with Gasteiger partial charge < -0.3 is 10.5 Å². The predicted octanol–water partition coefficient (Wildman–Crippen LogP) is 4.54. The van der Waals surface area contributed by atoms with E-state index in [1.807, 2.05) is 0 Å². The van der Waals surface area contributed by atoms with E-state index in [9.17, 15) is 8.78 Å². The molecule has 0 amide bonds. The molecule has 100 valence electrons. The summed E-state index contributed by atoms with van der Waals surface area (Å²) in [6.45, 7) is 1.66. The largest absolute Gasteiger partial charge is 0.456 e. The van der Waals surface area contributed by atoms with Crippen LogP contribution in [0, 0.1) is 11.6 Å². The van der Waals surface area contributed by atoms with Crippen LogP contribution in [0.5, 0.6) is 11.5 Å². The van der Waals surface area contributed by atoms with Crippen molar-refractivity contribution >= 4 is 15.9 Å². The third-order valence-electron chi connectivity index (χ3n) is 2.58. The second-order valence-corrected chi connectivity index (χ2v) is 4.97. The Hall–Kier alpha value is -1.46.